The van der Waals surface area contributed by atoms with Gasteiger partial charge in [0, 0.05) is 10.9 Å². The van der Waals surface area contributed by atoms with Crippen LogP contribution in [0, 0.1) is 6.92 Å². The van der Waals surface area contributed by atoms with Crippen LogP contribution in [-0.2, 0) is 9.53 Å². The van der Waals surface area contributed by atoms with Crippen molar-refractivity contribution in [3.05, 3.63) is 86.4 Å². The number of ether oxygens (including phenoxy) is 1. The first kappa shape index (κ1) is 23.6. The third-order valence-electron chi connectivity index (χ3n) is 3.74. The van der Waals surface area contributed by atoms with Crippen molar-refractivity contribution in [3.63, 3.8) is 0 Å². The number of nitrogens with zero attached hydrogens (tertiary/aromatic N) is 1. The number of halogens is 3. The lowest BCUT2D eigenvalue weighted by Crippen LogP contribution is -1.85. The lowest BCUT2D eigenvalue weighted by molar-refractivity contribution is -0.131. The number of thiazole rings is 1. The number of rotatable bonds is 5. The standard InChI is InChI=1S/C18H12Cl2FNS.C4H6O3/c1-11-4-2-3-5-12(11)9-16(21)18-22-17(10-23-18)13-6-7-14(19)15(20)8-13;1-7-3-2-4(5)6/h2-10H,1H3;2-3H,1H3,(H,5,6). The van der Waals surface area contributed by atoms with Gasteiger partial charge in [0.15, 0.2) is 10.8 Å². The van der Waals surface area contributed by atoms with Gasteiger partial charge in [-0.25, -0.2) is 14.2 Å². The van der Waals surface area contributed by atoms with E-state index in [2.05, 4.69) is 9.72 Å². The Kier molecular flexibility index (Phi) is 9.05. The first-order valence-corrected chi connectivity index (χ1v) is 10.2. The van der Waals surface area contributed by atoms with E-state index in [1.165, 1.54) is 24.5 Å². The van der Waals surface area contributed by atoms with E-state index >= 15 is 0 Å². The Balaban J connectivity index is 0.000000396. The molecule has 1 N–H and O–H groups in total. The average molecular weight is 466 g/mol. The number of hydrogen-bond acceptors (Lipinski definition) is 4. The smallest absolute Gasteiger partial charge is 0.331 e. The second-order valence-corrected chi connectivity index (χ2v) is 7.56. The summed E-state index contributed by atoms with van der Waals surface area (Å²) in [4.78, 5) is 13.9. The molecule has 0 aliphatic carbocycles. The van der Waals surface area contributed by atoms with Crippen molar-refractivity contribution < 1.29 is 19.0 Å². The predicted molar refractivity (Wildman–Crippen MR) is 122 cm³/mol. The zero-order chi connectivity index (χ0) is 22.1. The van der Waals surface area contributed by atoms with Crippen LogP contribution in [0.5, 0.6) is 0 Å². The maximum absolute atomic E-state index is 14.4. The number of benzene rings is 2. The van der Waals surface area contributed by atoms with E-state index in [1.54, 1.807) is 17.5 Å². The molecular weight excluding hydrogens is 448 g/mol. The van der Waals surface area contributed by atoms with Gasteiger partial charge in [-0.1, -0.05) is 53.5 Å². The number of methoxy groups -OCH3 is 1. The number of hydrogen-bond donors (Lipinski definition) is 1. The molecule has 0 aliphatic rings. The minimum absolute atomic E-state index is 0.342. The monoisotopic (exact) mass is 465 g/mol. The van der Waals surface area contributed by atoms with Gasteiger partial charge in [-0.3, -0.25) is 0 Å². The summed E-state index contributed by atoms with van der Waals surface area (Å²) in [7, 11) is 1.39. The van der Waals surface area contributed by atoms with E-state index in [0.717, 1.165) is 29.0 Å². The Morgan fingerprint density at radius 3 is 2.53 bits per heavy atom. The molecule has 0 unspecified atom stereocenters. The first-order valence-electron chi connectivity index (χ1n) is 8.58. The molecule has 8 heteroatoms. The van der Waals surface area contributed by atoms with Crippen molar-refractivity contribution in [1.29, 1.82) is 0 Å². The molecule has 0 fully saturated rings. The van der Waals surface area contributed by atoms with E-state index in [9.17, 15) is 9.18 Å². The maximum Gasteiger partial charge on any atom is 0.331 e. The van der Waals surface area contributed by atoms with E-state index in [-0.39, 0.29) is 5.83 Å². The maximum atomic E-state index is 14.4. The molecule has 0 amide bonds. The van der Waals surface area contributed by atoms with Crippen LogP contribution in [0.4, 0.5) is 4.39 Å². The van der Waals surface area contributed by atoms with E-state index < -0.39 is 5.97 Å². The second-order valence-electron chi connectivity index (χ2n) is 5.89. The van der Waals surface area contributed by atoms with Crippen LogP contribution < -0.4 is 0 Å². The van der Waals surface area contributed by atoms with Crippen molar-refractivity contribution >= 4 is 52.4 Å². The summed E-state index contributed by atoms with van der Waals surface area (Å²) < 4.78 is 18.7. The highest BCUT2D eigenvalue weighted by Crippen LogP contribution is 2.31. The number of carboxylic acid groups (broad SMARTS) is 1. The summed E-state index contributed by atoms with van der Waals surface area (Å²) in [6.07, 6.45) is 3.52. The van der Waals surface area contributed by atoms with Crippen LogP contribution in [-0.4, -0.2) is 23.2 Å². The molecule has 0 saturated heterocycles. The molecule has 0 radical (unpaired) electrons. The molecule has 0 saturated carbocycles. The van der Waals surface area contributed by atoms with Gasteiger partial charge in [0.05, 0.1) is 35.2 Å². The third kappa shape index (κ3) is 6.99. The Hall–Kier alpha value is -2.67. The highest BCUT2D eigenvalue weighted by atomic mass is 35.5. The number of carbonyl (C=O) groups is 1. The molecule has 2 aromatic carbocycles. The second kappa shape index (κ2) is 11.5. The van der Waals surface area contributed by atoms with Crippen LogP contribution in [0.15, 0.2) is 60.2 Å². The van der Waals surface area contributed by atoms with Gasteiger partial charge in [0.2, 0.25) is 0 Å². The molecule has 0 aliphatic heterocycles. The highest BCUT2D eigenvalue weighted by molar-refractivity contribution is 7.11. The molecule has 0 spiro atoms. The van der Waals surface area contributed by atoms with Crippen LogP contribution in [0.25, 0.3) is 23.2 Å². The zero-order valence-corrected chi connectivity index (χ0v) is 18.4. The quantitative estimate of drug-likeness (QED) is 0.321. The molecule has 4 nitrogen and oxygen atoms in total. The Labute approximate surface area is 187 Å². The van der Waals surface area contributed by atoms with E-state index in [1.807, 2.05) is 37.3 Å². The van der Waals surface area contributed by atoms with Crippen molar-refractivity contribution in [2.24, 2.45) is 0 Å². The minimum atomic E-state index is -0.998. The average Bonchev–Trinajstić information content (AvgIpc) is 3.21. The molecule has 156 valence electrons. The van der Waals surface area contributed by atoms with Crippen molar-refractivity contribution in [1.82, 2.24) is 4.98 Å². The summed E-state index contributed by atoms with van der Waals surface area (Å²) in [6.45, 7) is 1.95. The summed E-state index contributed by atoms with van der Waals surface area (Å²) >= 11 is 13.2. The molecule has 1 aromatic heterocycles. The summed E-state index contributed by atoms with van der Waals surface area (Å²) in [6, 6.07) is 12.9. The Morgan fingerprint density at radius 2 is 1.93 bits per heavy atom. The van der Waals surface area contributed by atoms with Crippen molar-refractivity contribution in [2.75, 3.05) is 7.11 Å². The molecule has 3 rings (SSSR count). The topological polar surface area (TPSA) is 59.4 Å². The third-order valence-corrected chi connectivity index (χ3v) is 5.33. The van der Waals surface area contributed by atoms with Gasteiger partial charge in [0.1, 0.15) is 0 Å². The Morgan fingerprint density at radius 1 is 1.20 bits per heavy atom. The first-order chi connectivity index (χ1) is 14.3. The van der Waals surface area contributed by atoms with Crippen LogP contribution >= 0.6 is 34.5 Å². The Bertz CT molecular complexity index is 1080. The van der Waals surface area contributed by atoms with Gasteiger partial charge in [-0.15, -0.1) is 11.3 Å². The fourth-order valence-corrected chi connectivity index (χ4v) is 3.28. The van der Waals surface area contributed by atoms with Crippen LogP contribution in [0.1, 0.15) is 16.1 Å². The summed E-state index contributed by atoms with van der Waals surface area (Å²) in [5.74, 6) is -1.35. The molecule has 30 heavy (non-hydrogen) atoms. The number of aliphatic carboxylic acids is 1. The lowest BCUT2D eigenvalue weighted by atomic mass is 10.1. The molecular formula is C22H18Cl2FNO3S. The number of aromatic nitrogens is 1. The van der Waals surface area contributed by atoms with E-state index in [4.69, 9.17) is 28.3 Å². The fourth-order valence-electron chi connectivity index (χ4n) is 2.24. The van der Waals surface area contributed by atoms with Crippen molar-refractivity contribution in [2.45, 2.75) is 6.92 Å². The normalized spacial score (nSPS) is 11.2. The molecule has 3 aromatic rings. The molecule has 0 bridgehead atoms. The SMILES string of the molecule is COC=CC(=O)O.Cc1ccccc1C=C(F)c1nc(-c2ccc(Cl)c(Cl)c2)cs1. The highest BCUT2D eigenvalue weighted by Gasteiger charge is 2.10. The number of aryl methyl sites for hydroxylation is 1. The van der Waals surface area contributed by atoms with Crippen molar-refractivity contribution in [3.8, 4) is 11.3 Å². The van der Waals surface area contributed by atoms with Gasteiger partial charge in [0.25, 0.3) is 0 Å². The summed E-state index contributed by atoms with van der Waals surface area (Å²) in [5.41, 5.74) is 3.35. The molecule has 0 atom stereocenters. The van der Waals surface area contributed by atoms with Gasteiger partial charge >= 0.3 is 5.97 Å². The van der Waals surface area contributed by atoms with Crippen LogP contribution in [0.2, 0.25) is 10.0 Å². The van der Waals surface area contributed by atoms with Gasteiger partial charge in [-0.2, -0.15) is 0 Å². The van der Waals surface area contributed by atoms with Crippen LogP contribution in [0.3, 0.4) is 0 Å². The predicted octanol–water partition coefficient (Wildman–Crippen LogP) is 7.12. The fraction of sp³-hybridized carbons (Fsp3) is 0.0909. The van der Waals surface area contributed by atoms with Gasteiger partial charge < -0.3 is 9.84 Å². The lowest BCUT2D eigenvalue weighted by Gasteiger charge is -2.00. The number of carboxylic acids is 1. The zero-order valence-electron chi connectivity index (χ0n) is 16.1. The van der Waals surface area contributed by atoms with E-state index in [0.29, 0.717) is 20.7 Å². The molecule has 1 heterocycles. The minimum Gasteiger partial charge on any atom is -0.504 e. The summed E-state index contributed by atoms with van der Waals surface area (Å²) in [5, 5.41) is 11.0. The largest absolute Gasteiger partial charge is 0.504 e. The van der Waals surface area contributed by atoms with Gasteiger partial charge in [-0.05, 0) is 36.3 Å².